The van der Waals surface area contributed by atoms with Crippen LogP contribution in [0.5, 0.6) is 0 Å². The van der Waals surface area contributed by atoms with Gasteiger partial charge in [-0.15, -0.1) is 0 Å². The Labute approximate surface area is 135 Å². The van der Waals surface area contributed by atoms with Crippen molar-refractivity contribution in [2.45, 2.75) is 26.8 Å². The van der Waals surface area contributed by atoms with Gasteiger partial charge in [0.2, 0.25) is 0 Å². The maximum atomic E-state index is 13.0. The van der Waals surface area contributed by atoms with E-state index in [1.807, 2.05) is 0 Å². The summed E-state index contributed by atoms with van der Waals surface area (Å²) in [5, 5.41) is 9.70. The highest BCUT2D eigenvalue weighted by Gasteiger charge is 2.17. The van der Waals surface area contributed by atoms with E-state index in [9.17, 15) is 9.18 Å². The van der Waals surface area contributed by atoms with Gasteiger partial charge in [0, 0.05) is 18.2 Å². The molecule has 0 saturated heterocycles. The van der Waals surface area contributed by atoms with Gasteiger partial charge < -0.3 is 5.32 Å². The molecule has 0 aliphatic rings. The maximum absolute atomic E-state index is 13.0. The Balaban J connectivity index is 2.06. The van der Waals surface area contributed by atoms with Gasteiger partial charge >= 0.3 is 0 Å². The summed E-state index contributed by atoms with van der Waals surface area (Å²) in [6, 6.07) is 6.23. The summed E-state index contributed by atoms with van der Waals surface area (Å²) in [7, 11) is 0. The van der Waals surface area contributed by atoms with Gasteiger partial charge in [0.25, 0.3) is 5.91 Å². The second-order valence-electron chi connectivity index (χ2n) is 5.45. The van der Waals surface area contributed by atoms with Crippen LogP contribution in [-0.2, 0) is 0 Å². The normalized spacial score (nSPS) is 12.4. The van der Waals surface area contributed by atoms with Crippen LogP contribution in [0.1, 0.15) is 31.1 Å². The second kappa shape index (κ2) is 7.87. The van der Waals surface area contributed by atoms with E-state index in [2.05, 4.69) is 41.2 Å². The number of nitrogens with one attached hydrogen (secondary N) is 2. The van der Waals surface area contributed by atoms with Crippen LogP contribution in [0.25, 0.3) is 11.3 Å². The number of carbonyl (C=O) groups is 1. The van der Waals surface area contributed by atoms with Gasteiger partial charge in [-0.2, -0.15) is 5.10 Å². The third kappa shape index (κ3) is 4.16. The minimum atomic E-state index is -0.313. The van der Waals surface area contributed by atoms with Crippen molar-refractivity contribution < 1.29 is 9.18 Å². The Morgan fingerprint density at radius 1 is 1.30 bits per heavy atom. The number of nitrogens with zero attached hydrogens (tertiary/aromatic N) is 2. The number of carbonyl (C=O) groups excluding carboxylic acids is 1. The van der Waals surface area contributed by atoms with Crippen molar-refractivity contribution in [2.24, 2.45) is 0 Å². The predicted molar refractivity (Wildman–Crippen MR) is 88.7 cm³/mol. The van der Waals surface area contributed by atoms with Gasteiger partial charge in [-0.3, -0.25) is 14.8 Å². The van der Waals surface area contributed by atoms with Crippen LogP contribution >= 0.6 is 0 Å². The first-order valence-electron chi connectivity index (χ1n) is 7.88. The molecule has 0 aliphatic heterocycles. The highest BCUT2D eigenvalue weighted by Crippen LogP contribution is 2.21. The number of rotatable bonds is 7. The van der Waals surface area contributed by atoms with Crippen molar-refractivity contribution in [2.75, 3.05) is 19.6 Å². The van der Waals surface area contributed by atoms with Gasteiger partial charge in [-0.05, 0) is 44.3 Å². The average Bonchev–Trinajstić information content (AvgIpc) is 3.04. The van der Waals surface area contributed by atoms with Crippen LogP contribution < -0.4 is 5.32 Å². The van der Waals surface area contributed by atoms with Crippen molar-refractivity contribution in [3.8, 4) is 11.3 Å². The van der Waals surface area contributed by atoms with Crippen molar-refractivity contribution in [3.05, 3.63) is 41.8 Å². The topological polar surface area (TPSA) is 61.0 Å². The summed E-state index contributed by atoms with van der Waals surface area (Å²) in [5.74, 6) is -0.496. The van der Waals surface area contributed by atoms with Gasteiger partial charge in [-0.1, -0.05) is 13.8 Å². The molecule has 1 aromatic carbocycles. The van der Waals surface area contributed by atoms with Crippen molar-refractivity contribution >= 4 is 5.91 Å². The zero-order chi connectivity index (χ0) is 16.8. The zero-order valence-corrected chi connectivity index (χ0v) is 13.8. The lowest BCUT2D eigenvalue weighted by molar-refractivity contribution is 0.0938. The summed E-state index contributed by atoms with van der Waals surface area (Å²) < 4.78 is 13.0. The first-order chi connectivity index (χ1) is 11.1. The van der Waals surface area contributed by atoms with Gasteiger partial charge in [0.1, 0.15) is 5.82 Å². The van der Waals surface area contributed by atoms with E-state index < -0.39 is 0 Å². The zero-order valence-electron chi connectivity index (χ0n) is 13.8. The molecular formula is C17H23FN4O. The maximum Gasteiger partial charge on any atom is 0.255 e. The van der Waals surface area contributed by atoms with Crippen LogP contribution in [0.4, 0.5) is 4.39 Å². The number of aromatic amines is 1. The number of aromatic nitrogens is 2. The Hall–Kier alpha value is -2.21. The van der Waals surface area contributed by atoms with Gasteiger partial charge in [-0.25, -0.2) is 4.39 Å². The van der Waals surface area contributed by atoms with Crippen LogP contribution in [0.3, 0.4) is 0 Å². The van der Waals surface area contributed by atoms with Crippen LogP contribution in [0.15, 0.2) is 30.5 Å². The standard InChI is InChI=1S/C17H23FN4O/c1-4-22(5-2)12(3)10-19-17(23)15-11-20-21-16(15)13-6-8-14(18)9-7-13/h6-9,11-12H,4-5,10H2,1-3H3,(H,19,23)(H,20,21). The van der Waals surface area contributed by atoms with E-state index >= 15 is 0 Å². The minimum absolute atomic E-state index is 0.183. The Bertz CT molecular complexity index is 634. The summed E-state index contributed by atoms with van der Waals surface area (Å²) in [4.78, 5) is 14.7. The molecule has 23 heavy (non-hydrogen) atoms. The molecule has 0 aliphatic carbocycles. The van der Waals surface area contributed by atoms with E-state index in [-0.39, 0.29) is 17.8 Å². The van der Waals surface area contributed by atoms with E-state index in [4.69, 9.17) is 0 Å². The molecule has 2 rings (SSSR count). The lowest BCUT2D eigenvalue weighted by Gasteiger charge is -2.26. The number of H-pyrrole nitrogens is 1. The number of likely N-dealkylation sites (N-methyl/N-ethyl adjacent to an activating group) is 1. The lowest BCUT2D eigenvalue weighted by atomic mass is 10.1. The molecule has 1 unspecified atom stereocenters. The molecule has 1 atom stereocenters. The molecule has 1 aromatic heterocycles. The molecule has 0 fully saturated rings. The Morgan fingerprint density at radius 3 is 2.57 bits per heavy atom. The molecule has 124 valence electrons. The third-order valence-electron chi connectivity index (χ3n) is 4.01. The molecule has 0 bridgehead atoms. The number of hydrogen-bond acceptors (Lipinski definition) is 3. The average molecular weight is 318 g/mol. The van der Waals surface area contributed by atoms with Crippen molar-refractivity contribution in [1.82, 2.24) is 20.4 Å². The number of amides is 1. The molecule has 1 heterocycles. The van der Waals surface area contributed by atoms with Crippen LogP contribution in [0, 0.1) is 5.82 Å². The monoisotopic (exact) mass is 318 g/mol. The Morgan fingerprint density at radius 2 is 1.96 bits per heavy atom. The molecular weight excluding hydrogens is 295 g/mol. The largest absolute Gasteiger partial charge is 0.350 e. The van der Waals surface area contributed by atoms with E-state index in [0.29, 0.717) is 17.8 Å². The minimum Gasteiger partial charge on any atom is -0.350 e. The van der Waals surface area contributed by atoms with Gasteiger partial charge in [0.05, 0.1) is 17.5 Å². The number of hydrogen-bond donors (Lipinski definition) is 2. The number of halogens is 1. The highest BCUT2D eigenvalue weighted by atomic mass is 19.1. The molecule has 0 radical (unpaired) electrons. The molecule has 5 nitrogen and oxygen atoms in total. The van der Waals surface area contributed by atoms with Crippen molar-refractivity contribution in [1.29, 1.82) is 0 Å². The van der Waals surface area contributed by atoms with Crippen LogP contribution in [-0.4, -0.2) is 46.7 Å². The van der Waals surface area contributed by atoms with E-state index in [0.717, 1.165) is 18.7 Å². The fraction of sp³-hybridized carbons (Fsp3) is 0.412. The molecule has 2 aromatic rings. The van der Waals surface area contributed by atoms with E-state index in [1.54, 1.807) is 12.1 Å². The first kappa shape index (κ1) is 17.1. The number of benzene rings is 1. The molecule has 2 N–H and O–H groups in total. The second-order valence-corrected chi connectivity index (χ2v) is 5.45. The fourth-order valence-corrected chi connectivity index (χ4v) is 2.61. The SMILES string of the molecule is CCN(CC)C(C)CNC(=O)c1cn[nH]c1-c1ccc(F)cc1. The molecule has 0 spiro atoms. The van der Waals surface area contributed by atoms with Crippen LogP contribution in [0.2, 0.25) is 0 Å². The van der Waals surface area contributed by atoms with Gasteiger partial charge in [0.15, 0.2) is 0 Å². The molecule has 6 heteroatoms. The van der Waals surface area contributed by atoms with Crippen molar-refractivity contribution in [3.63, 3.8) is 0 Å². The fourth-order valence-electron chi connectivity index (χ4n) is 2.61. The van der Waals surface area contributed by atoms with E-state index in [1.165, 1.54) is 18.3 Å². The summed E-state index contributed by atoms with van der Waals surface area (Å²) in [6.07, 6.45) is 1.50. The first-order valence-corrected chi connectivity index (χ1v) is 7.88. The molecule has 1 amide bonds. The quantitative estimate of drug-likeness (QED) is 0.825. The molecule has 0 saturated carbocycles. The third-order valence-corrected chi connectivity index (χ3v) is 4.01. The predicted octanol–water partition coefficient (Wildman–Crippen LogP) is 2.68. The Kier molecular flexibility index (Phi) is 5.87. The summed E-state index contributed by atoms with van der Waals surface area (Å²) in [6.45, 7) is 8.74. The summed E-state index contributed by atoms with van der Waals surface area (Å²) in [5.41, 5.74) is 1.78. The summed E-state index contributed by atoms with van der Waals surface area (Å²) >= 11 is 0. The smallest absolute Gasteiger partial charge is 0.255 e. The highest BCUT2D eigenvalue weighted by molar-refractivity contribution is 5.99. The lowest BCUT2D eigenvalue weighted by Crippen LogP contribution is -2.42.